The van der Waals surface area contributed by atoms with Crippen LogP contribution in [0.25, 0.3) is 0 Å². The van der Waals surface area contributed by atoms with Crippen LogP contribution >= 0.6 is 0 Å². The summed E-state index contributed by atoms with van der Waals surface area (Å²) in [6, 6.07) is 62.7. The van der Waals surface area contributed by atoms with Crippen LogP contribution in [0.3, 0.4) is 0 Å². The highest BCUT2D eigenvalue weighted by atomic mass is 16.5. The molecule has 0 saturated carbocycles. The Bertz CT molecular complexity index is 3290. The predicted octanol–water partition coefficient (Wildman–Crippen LogP) is 7.34. The molecule has 0 saturated heterocycles. The molecule has 0 bridgehead atoms. The van der Waals surface area contributed by atoms with E-state index in [-0.39, 0.29) is 20.1 Å². The molecule has 0 N–H and O–H groups in total. The summed E-state index contributed by atoms with van der Waals surface area (Å²) >= 11 is 0. The van der Waals surface area contributed by atoms with Gasteiger partial charge in [0.2, 0.25) is 0 Å². The van der Waals surface area contributed by atoms with Crippen LogP contribution < -0.4 is 82.5 Å². The van der Waals surface area contributed by atoms with E-state index < -0.39 is 0 Å². The molecule has 7 nitrogen and oxygen atoms in total. The van der Waals surface area contributed by atoms with E-state index >= 15 is 0 Å². The lowest BCUT2D eigenvalue weighted by atomic mass is 9.30. The molecule has 0 atom stereocenters. The third-order valence-electron chi connectivity index (χ3n) is 13.6. The van der Waals surface area contributed by atoms with Crippen molar-refractivity contribution in [3.8, 4) is 69.0 Å². The summed E-state index contributed by atoms with van der Waals surface area (Å²) in [5.41, 5.74) is 12.4. The van der Waals surface area contributed by atoms with Crippen molar-refractivity contribution in [3.05, 3.63) is 182 Å². The van der Waals surface area contributed by atoms with Crippen molar-refractivity contribution in [2.24, 2.45) is 0 Å². The van der Waals surface area contributed by atoms with Crippen molar-refractivity contribution in [2.75, 3.05) is 4.90 Å². The van der Waals surface area contributed by atoms with E-state index in [9.17, 15) is 0 Å². The SMILES string of the molecule is c1ccc(N(c2ccccc2)c2cc3c4c(c2)Oc2cc5c(cc2B4c2cc4c(cc2O3)Oc2cccc3c2B4c2ccccc2O3)B2c3ccccc3Oc3cccc(c32)O5)cc1. The minimum absolute atomic E-state index is 0.108. The second kappa shape index (κ2) is 12.7. The molecule has 0 amide bonds. The smallest absolute Gasteiger partial charge is 0.260 e. The minimum atomic E-state index is -0.262. The fourth-order valence-electron chi connectivity index (χ4n) is 11.0. The first-order valence-electron chi connectivity index (χ1n) is 21.6. The van der Waals surface area contributed by atoms with Crippen molar-refractivity contribution in [2.45, 2.75) is 0 Å². The van der Waals surface area contributed by atoms with Crippen molar-refractivity contribution < 1.29 is 28.4 Å². The highest BCUT2D eigenvalue weighted by Gasteiger charge is 2.47. The number of ether oxygens (including phenoxy) is 6. The fraction of sp³-hybridized carbons (Fsp3) is 0. The normalized spacial score (nSPS) is 14.0. The van der Waals surface area contributed by atoms with Crippen LogP contribution in [-0.2, 0) is 0 Å². The van der Waals surface area contributed by atoms with Crippen LogP contribution in [0.1, 0.15) is 0 Å². The number of hydrogen-bond donors (Lipinski definition) is 0. The Labute approximate surface area is 369 Å². The van der Waals surface area contributed by atoms with Gasteiger partial charge in [0.15, 0.2) is 0 Å². The minimum Gasteiger partial charge on any atom is -0.458 e. The number of anilines is 3. The molecule has 296 valence electrons. The predicted molar refractivity (Wildman–Crippen MR) is 254 cm³/mol. The second-order valence-electron chi connectivity index (χ2n) is 17.0. The fourth-order valence-corrected chi connectivity index (χ4v) is 11.0. The third-order valence-corrected chi connectivity index (χ3v) is 13.6. The van der Waals surface area contributed by atoms with Gasteiger partial charge in [0.25, 0.3) is 20.1 Å². The van der Waals surface area contributed by atoms with Gasteiger partial charge in [-0.25, -0.2) is 0 Å². The molecular formula is C54H30B3NO6. The third kappa shape index (κ3) is 4.74. The van der Waals surface area contributed by atoms with E-state index in [1.165, 1.54) is 0 Å². The summed E-state index contributed by atoms with van der Waals surface area (Å²) in [6.45, 7) is -0.477. The molecular weight excluding hydrogens is 791 g/mol. The number of benzene rings is 9. The number of nitrogens with zero attached hydrogens (tertiary/aromatic N) is 1. The van der Waals surface area contributed by atoms with Crippen LogP contribution in [-0.4, -0.2) is 20.1 Å². The molecule has 10 heteroatoms. The highest BCUT2D eigenvalue weighted by Crippen LogP contribution is 2.45. The van der Waals surface area contributed by atoms with Gasteiger partial charge in [-0.2, -0.15) is 0 Å². The Morgan fingerprint density at radius 2 is 0.562 bits per heavy atom. The molecule has 0 unspecified atom stereocenters. The molecule has 6 heterocycles. The first kappa shape index (κ1) is 34.4. The van der Waals surface area contributed by atoms with E-state index in [0.29, 0.717) is 0 Å². The van der Waals surface area contributed by atoms with E-state index in [0.717, 1.165) is 135 Å². The van der Waals surface area contributed by atoms with Crippen LogP contribution in [0.2, 0.25) is 0 Å². The molecule has 0 fully saturated rings. The summed E-state index contributed by atoms with van der Waals surface area (Å²) < 4.78 is 40.9. The Morgan fingerprint density at radius 3 is 1.00 bits per heavy atom. The van der Waals surface area contributed by atoms with Crippen molar-refractivity contribution in [1.29, 1.82) is 0 Å². The van der Waals surface area contributed by atoms with Gasteiger partial charge in [0.05, 0.1) is 5.69 Å². The van der Waals surface area contributed by atoms with E-state index in [4.69, 9.17) is 28.4 Å². The molecule has 64 heavy (non-hydrogen) atoms. The van der Waals surface area contributed by atoms with Gasteiger partial charge in [-0.1, -0.05) is 97.1 Å². The van der Waals surface area contributed by atoms with E-state index in [2.05, 4.69) is 114 Å². The molecule has 0 aliphatic carbocycles. The molecule has 9 aromatic carbocycles. The van der Waals surface area contributed by atoms with Crippen molar-refractivity contribution >= 4 is 86.4 Å². The first-order chi connectivity index (χ1) is 31.7. The van der Waals surface area contributed by atoms with Gasteiger partial charge in [-0.15, -0.1) is 0 Å². The number of fused-ring (bicyclic) bond motifs is 12. The maximum atomic E-state index is 7.15. The topological polar surface area (TPSA) is 58.6 Å². The molecule has 0 radical (unpaired) electrons. The van der Waals surface area contributed by atoms with E-state index in [1.54, 1.807) is 0 Å². The lowest BCUT2D eigenvalue weighted by molar-refractivity contribution is 0.448. The number of hydrogen-bond acceptors (Lipinski definition) is 7. The number of rotatable bonds is 3. The van der Waals surface area contributed by atoms with Gasteiger partial charge in [-0.3, -0.25) is 0 Å². The molecule has 0 spiro atoms. The Hall–Kier alpha value is -8.23. The first-order valence-corrected chi connectivity index (χ1v) is 21.6. The maximum absolute atomic E-state index is 7.15. The average molecular weight is 821 g/mol. The van der Waals surface area contributed by atoms with E-state index in [1.807, 2.05) is 72.8 Å². The molecule has 0 aromatic heterocycles. The lowest BCUT2D eigenvalue weighted by Gasteiger charge is -2.38. The highest BCUT2D eigenvalue weighted by molar-refractivity contribution is 7.02. The van der Waals surface area contributed by atoms with Gasteiger partial charge in [0.1, 0.15) is 69.0 Å². The standard InChI is InChI=1S/C54H30B3NO6/c1-3-13-31(14-4-1)58(32-15-5-2-6-16-32)33-25-50-54-51(26-33)64-49-30-47-37(56-35-18-8-10-20-41(35)60-43-22-12-24-45(62-47)53(43)56)28-39(49)57(54)38-27-36-46(29-48(38)63-50)61-44-23-11-21-42-52(44)55(36)34-17-7-9-19-40(34)59-42/h1-30H. The van der Waals surface area contributed by atoms with Gasteiger partial charge >= 0.3 is 0 Å². The molecule has 6 aliphatic rings. The van der Waals surface area contributed by atoms with Gasteiger partial charge in [0, 0.05) is 52.0 Å². The van der Waals surface area contributed by atoms with Crippen LogP contribution in [0.5, 0.6) is 69.0 Å². The lowest BCUT2D eigenvalue weighted by Crippen LogP contribution is -2.63. The molecule has 15 rings (SSSR count). The van der Waals surface area contributed by atoms with Crippen LogP contribution in [0.15, 0.2) is 182 Å². The summed E-state index contributed by atoms with van der Waals surface area (Å²) in [7, 11) is 0. The molecule has 6 aliphatic heterocycles. The summed E-state index contributed by atoms with van der Waals surface area (Å²) in [6.07, 6.45) is 0. The quantitative estimate of drug-likeness (QED) is 0.173. The van der Waals surface area contributed by atoms with Gasteiger partial charge < -0.3 is 33.3 Å². The van der Waals surface area contributed by atoms with Gasteiger partial charge in [-0.05, 0) is 93.4 Å². The molecule has 9 aromatic rings. The second-order valence-corrected chi connectivity index (χ2v) is 17.0. The summed E-state index contributed by atoms with van der Waals surface area (Å²) in [4.78, 5) is 2.24. The Kier molecular flexibility index (Phi) is 6.81. The zero-order valence-corrected chi connectivity index (χ0v) is 33.9. The van der Waals surface area contributed by atoms with Crippen LogP contribution in [0.4, 0.5) is 17.1 Å². The zero-order valence-electron chi connectivity index (χ0n) is 33.9. The van der Waals surface area contributed by atoms with Crippen molar-refractivity contribution in [3.63, 3.8) is 0 Å². The summed E-state index contributed by atoms with van der Waals surface area (Å²) in [5.74, 6) is 9.30. The average Bonchev–Trinajstić information content (AvgIpc) is 3.33. The maximum Gasteiger partial charge on any atom is 0.260 e. The monoisotopic (exact) mass is 821 g/mol. The van der Waals surface area contributed by atoms with Crippen LogP contribution in [0, 0.1) is 0 Å². The Balaban J connectivity index is 0.976. The Morgan fingerprint density at radius 1 is 0.234 bits per heavy atom. The number of para-hydroxylation sites is 4. The summed E-state index contributed by atoms with van der Waals surface area (Å²) in [5, 5.41) is 0. The zero-order chi connectivity index (χ0) is 41.6. The largest absolute Gasteiger partial charge is 0.458 e. The van der Waals surface area contributed by atoms with Crippen molar-refractivity contribution in [1.82, 2.24) is 0 Å².